The minimum Gasteiger partial charge on any atom is -0.384 e. The SMILES string of the molecule is Nc1nc2c(ncn2[C@@H]2O[C@](F)(COP(=O)(O)OP(=O)(O)OP(=O)(O)O)[C@@H](O)[C@H]2F)c(=O)[nH]1. The zero-order valence-electron chi connectivity index (χ0n) is 15.5. The maximum atomic E-state index is 15.0. The van der Waals surface area contributed by atoms with Gasteiger partial charge in [0.2, 0.25) is 5.95 Å². The Hall–Kier alpha value is -1.66. The fraction of sp³-hybridized carbons (Fsp3) is 0.500. The van der Waals surface area contributed by atoms with Gasteiger partial charge in [-0.1, -0.05) is 0 Å². The van der Waals surface area contributed by atoms with E-state index in [1.807, 2.05) is 0 Å². The summed E-state index contributed by atoms with van der Waals surface area (Å²) in [6.45, 7) is -1.79. The molecule has 2 aromatic heterocycles. The number of nitrogen functional groups attached to an aromatic ring is 1. The van der Waals surface area contributed by atoms with Gasteiger partial charge in [0.1, 0.15) is 6.61 Å². The molecule has 33 heavy (non-hydrogen) atoms. The van der Waals surface area contributed by atoms with Gasteiger partial charge in [0.25, 0.3) is 11.4 Å². The molecule has 23 heteroatoms. The second kappa shape index (κ2) is 8.53. The molecule has 0 aliphatic carbocycles. The van der Waals surface area contributed by atoms with Gasteiger partial charge in [-0.3, -0.25) is 18.9 Å². The molecule has 3 rings (SSSR count). The van der Waals surface area contributed by atoms with Crippen molar-refractivity contribution in [2.75, 3.05) is 12.3 Å². The maximum Gasteiger partial charge on any atom is 0.490 e. The van der Waals surface area contributed by atoms with Crippen molar-refractivity contribution in [2.24, 2.45) is 0 Å². The van der Waals surface area contributed by atoms with Crippen LogP contribution in [0.2, 0.25) is 0 Å². The van der Waals surface area contributed by atoms with E-state index in [0.29, 0.717) is 4.57 Å². The van der Waals surface area contributed by atoms with Gasteiger partial charge in [-0.2, -0.15) is 13.6 Å². The summed E-state index contributed by atoms with van der Waals surface area (Å²) < 4.78 is 79.6. The molecule has 3 heterocycles. The Balaban J connectivity index is 1.79. The van der Waals surface area contributed by atoms with Crippen molar-refractivity contribution in [3.63, 3.8) is 0 Å². The topological polar surface area (TPSA) is 279 Å². The number of aromatic amines is 1. The number of nitrogens with one attached hydrogen (secondary N) is 1. The fourth-order valence-electron chi connectivity index (χ4n) is 2.66. The third-order valence-corrected chi connectivity index (χ3v) is 7.68. The van der Waals surface area contributed by atoms with Crippen LogP contribution >= 0.6 is 23.5 Å². The smallest absolute Gasteiger partial charge is 0.384 e. The third-order valence-electron chi connectivity index (χ3n) is 3.90. The van der Waals surface area contributed by atoms with Crippen LogP contribution in [-0.2, 0) is 31.6 Å². The molecule has 0 amide bonds. The minimum absolute atomic E-state index is 0.348. The second-order valence-electron chi connectivity index (χ2n) is 6.32. The average molecular weight is 543 g/mol. The first-order valence-corrected chi connectivity index (χ1v) is 12.6. The molecule has 1 aliphatic heterocycles. The number of H-pyrrole nitrogens is 1. The quantitative estimate of drug-likeness (QED) is 0.195. The van der Waals surface area contributed by atoms with Crippen LogP contribution in [0.25, 0.3) is 11.2 Å². The standard InChI is InChI=1S/C10H14F2N5O13P3/c11-3-5(18)10(12,1-27-32(23,24)30-33(25,26)29-31(20,21)22)28-8(3)17-2-14-4-6(17)15-9(13)16-7(4)19/h2-3,5,8,18H,1H2,(H,23,24)(H,25,26)(H2,20,21,22)(H3,13,15,16,19)/t3-,5+,8-,10-/m1/s1. The molecule has 1 saturated heterocycles. The van der Waals surface area contributed by atoms with E-state index in [0.717, 1.165) is 6.33 Å². The largest absolute Gasteiger partial charge is 0.490 e. The Labute approximate surface area is 179 Å². The number of nitrogens with zero attached hydrogens (tertiary/aromatic N) is 3. The highest BCUT2D eigenvalue weighted by Crippen LogP contribution is 2.66. The van der Waals surface area contributed by atoms with Crippen molar-refractivity contribution in [3.05, 3.63) is 16.7 Å². The number of aliphatic hydroxyl groups is 1. The molecular formula is C10H14F2N5O13P3. The lowest BCUT2D eigenvalue weighted by atomic mass is 10.1. The lowest BCUT2D eigenvalue weighted by molar-refractivity contribution is -0.203. The fourth-order valence-corrected chi connectivity index (χ4v) is 5.69. The van der Waals surface area contributed by atoms with Gasteiger partial charge in [0, 0.05) is 0 Å². The second-order valence-corrected chi connectivity index (χ2v) is 10.7. The van der Waals surface area contributed by atoms with E-state index in [4.69, 9.17) is 25.2 Å². The number of hydrogen-bond acceptors (Lipinski definition) is 12. The zero-order valence-corrected chi connectivity index (χ0v) is 18.2. The number of halogens is 2. The summed E-state index contributed by atoms with van der Waals surface area (Å²) in [7, 11) is -17.4. The number of aliphatic hydroxyl groups excluding tert-OH is 1. The summed E-state index contributed by atoms with van der Waals surface area (Å²) >= 11 is 0. The normalized spacial score (nSPS) is 29.7. The summed E-state index contributed by atoms with van der Waals surface area (Å²) in [6, 6.07) is 0. The number of ether oxygens (including phenoxy) is 1. The summed E-state index contributed by atoms with van der Waals surface area (Å²) in [5.41, 5.74) is 3.85. The van der Waals surface area contributed by atoms with Crippen molar-refractivity contribution >= 4 is 40.6 Å². The van der Waals surface area contributed by atoms with Crippen molar-refractivity contribution in [1.29, 1.82) is 0 Å². The molecule has 186 valence electrons. The van der Waals surface area contributed by atoms with Crippen LogP contribution in [0.15, 0.2) is 11.1 Å². The molecule has 0 bridgehead atoms. The van der Waals surface area contributed by atoms with Crippen LogP contribution in [-0.4, -0.2) is 68.9 Å². The molecule has 6 atom stereocenters. The highest BCUT2D eigenvalue weighted by atomic mass is 31.3. The van der Waals surface area contributed by atoms with Crippen molar-refractivity contribution < 1.29 is 65.0 Å². The first-order valence-electron chi connectivity index (χ1n) is 8.13. The van der Waals surface area contributed by atoms with Gasteiger partial charge < -0.3 is 35.2 Å². The van der Waals surface area contributed by atoms with Crippen LogP contribution in [0, 0.1) is 0 Å². The van der Waals surface area contributed by atoms with Gasteiger partial charge in [-0.05, 0) is 0 Å². The van der Waals surface area contributed by atoms with Gasteiger partial charge in [0.05, 0.1) is 6.33 Å². The number of phosphoric ester groups is 1. The first-order chi connectivity index (χ1) is 14.9. The number of aromatic nitrogens is 4. The number of anilines is 1. The van der Waals surface area contributed by atoms with Crippen LogP contribution < -0.4 is 11.3 Å². The monoisotopic (exact) mass is 543 g/mol. The van der Waals surface area contributed by atoms with Gasteiger partial charge in [-0.25, -0.2) is 27.5 Å². The predicted molar refractivity (Wildman–Crippen MR) is 97.2 cm³/mol. The first kappa shape index (κ1) is 26.0. The average Bonchev–Trinajstić information content (AvgIpc) is 3.12. The minimum atomic E-state index is -5.90. The highest BCUT2D eigenvalue weighted by molar-refractivity contribution is 7.66. The summed E-state index contributed by atoms with van der Waals surface area (Å²) in [4.78, 5) is 56.6. The van der Waals surface area contributed by atoms with E-state index in [1.54, 1.807) is 0 Å². The van der Waals surface area contributed by atoms with Crippen molar-refractivity contribution in [3.8, 4) is 0 Å². The molecule has 18 nitrogen and oxygen atoms in total. The van der Waals surface area contributed by atoms with Gasteiger partial charge >= 0.3 is 23.5 Å². The van der Waals surface area contributed by atoms with E-state index in [-0.39, 0.29) is 11.2 Å². The van der Waals surface area contributed by atoms with Gasteiger partial charge in [-0.15, -0.1) is 0 Å². The van der Waals surface area contributed by atoms with E-state index >= 15 is 4.39 Å². The van der Waals surface area contributed by atoms with Crippen LogP contribution in [0.5, 0.6) is 0 Å². The van der Waals surface area contributed by atoms with E-state index in [9.17, 15) is 32.9 Å². The molecule has 8 N–H and O–H groups in total. The van der Waals surface area contributed by atoms with E-state index in [2.05, 4.69) is 28.1 Å². The third kappa shape index (κ3) is 5.71. The Morgan fingerprint density at radius 3 is 2.48 bits per heavy atom. The summed E-state index contributed by atoms with van der Waals surface area (Å²) in [5, 5.41) is 9.90. The molecule has 0 spiro atoms. The van der Waals surface area contributed by atoms with Gasteiger partial charge in [0.15, 0.2) is 29.7 Å². The number of phosphoric acid groups is 3. The molecule has 2 aromatic rings. The van der Waals surface area contributed by atoms with Crippen molar-refractivity contribution in [2.45, 2.75) is 24.4 Å². The molecule has 2 unspecified atom stereocenters. The predicted octanol–water partition coefficient (Wildman–Crippen LogP) is -1.06. The van der Waals surface area contributed by atoms with Crippen LogP contribution in [0.3, 0.4) is 0 Å². The molecule has 0 radical (unpaired) electrons. The number of fused-ring (bicyclic) bond motifs is 1. The van der Waals surface area contributed by atoms with Crippen molar-refractivity contribution in [1.82, 2.24) is 19.5 Å². The molecule has 0 saturated carbocycles. The Morgan fingerprint density at radius 1 is 1.24 bits per heavy atom. The highest BCUT2D eigenvalue weighted by Gasteiger charge is 2.58. The Kier molecular flexibility index (Phi) is 6.71. The maximum absolute atomic E-state index is 15.0. The van der Waals surface area contributed by atoms with Crippen LogP contribution in [0.1, 0.15) is 6.23 Å². The molecular weight excluding hydrogens is 529 g/mol. The Bertz CT molecular complexity index is 1270. The molecule has 1 fully saturated rings. The number of hydrogen-bond donors (Lipinski definition) is 7. The summed E-state index contributed by atoms with van der Waals surface area (Å²) in [5.74, 6) is -4.00. The number of alkyl halides is 2. The number of nitrogens with two attached hydrogens (primary N) is 1. The van der Waals surface area contributed by atoms with E-state index in [1.165, 1.54) is 0 Å². The molecule has 1 aliphatic rings. The number of imidazole rings is 1. The lowest BCUT2D eigenvalue weighted by Crippen LogP contribution is -2.41. The summed E-state index contributed by atoms with van der Waals surface area (Å²) in [6.07, 6.45) is -6.52. The number of rotatable bonds is 8. The lowest BCUT2D eigenvalue weighted by Gasteiger charge is -2.24. The Morgan fingerprint density at radius 2 is 1.88 bits per heavy atom. The van der Waals surface area contributed by atoms with E-state index < -0.39 is 65.9 Å². The molecule has 0 aromatic carbocycles. The zero-order chi connectivity index (χ0) is 25.0. The van der Waals surface area contributed by atoms with Crippen LogP contribution in [0.4, 0.5) is 14.7 Å².